The lowest BCUT2D eigenvalue weighted by Gasteiger charge is -2.27. The topological polar surface area (TPSA) is 66.4 Å². The number of sulfonamides is 1. The molecule has 0 saturated heterocycles. The summed E-state index contributed by atoms with van der Waals surface area (Å²) in [5, 5.41) is 10.7. The van der Waals surface area contributed by atoms with Crippen LogP contribution in [-0.4, -0.2) is 25.7 Å². The average Bonchev–Trinajstić information content (AvgIpc) is 2.43. The third-order valence-corrected chi connectivity index (χ3v) is 5.22. The molecule has 1 aromatic carbocycles. The SMILES string of the molecule is CC[C@H](C)[C@H](NS(=O)(=O)c1cccc(Cl)c1)C(O)C=C(C)C. The molecule has 6 heteroatoms. The van der Waals surface area contributed by atoms with Crippen molar-refractivity contribution in [2.75, 3.05) is 0 Å². The zero-order valence-corrected chi connectivity index (χ0v) is 14.9. The third kappa shape index (κ3) is 5.39. The first-order chi connectivity index (χ1) is 10.2. The molecule has 3 atom stereocenters. The zero-order valence-electron chi connectivity index (χ0n) is 13.4. The number of halogens is 1. The van der Waals surface area contributed by atoms with E-state index in [1.165, 1.54) is 12.1 Å². The number of hydrogen-bond acceptors (Lipinski definition) is 3. The minimum absolute atomic E-state index is 0.0143. The lowest BCUT2D eigenvalue weighted by Crippen LogP contribution is -2.46. The number of benzene rings is 1. The van der Waals surface area contributed by atoms with Crippen LogP contribution in [0.4, 0.5) is 0 Å². The van der Waals surface area contributed by atoms with Gasteiger partial charge in [-0.3, -0.25) is 0 Å². The van der Waals surface area contributed by atoms with Crippen molar-refractivity contribution in [2.24, 2.45) is 5.92 Å². The van der Waals surface area contributed by atoms with Crippen LogP contribution in [-0.2, 0) is 10.0 Å². The molecule has 2 N–H and O–H groups in total. The minimum atomic E-state index is -3.74. The molecule has 22 heavy (non-hydrogen) atoms. The van der Waals surface area contributed by atoms with Gasteiger partial charge in [0.15, 0.2) is 0 Å². The second kappa shape index (κ2) is 8.11. The molecule has 0 aliphatic rings. The summed E-state index contributed by atoms with van der Waals surface area (Å²) in [6, 6.07) is 5.48. The van der Waals surface area contributed by atoms with Crippen molar-refractivity contribution in [3.8, 4) is 0 Å². The van der Waals surface area contributed by atoms with Crippen LogP contribution in [0.2, 0.25) is 5.02 Å². The van der Waals surface area contributed by atoms with Crippen LogP contribution in [0.5, 0.6) is 0 Å². The summed E-state index contributed by atoms with van der Waals surface area (Å²) < 4.78 is 27.6. The maximum absolute atomic E-state index is 12.5. The standard InChI is InChI=1S/C16H24ClNO3S/c1-5-12(4)16(15(19)9-11(2)3)18-22(20,21)14-8-6-7-13(17)10-14/h6-10,12,15-16,18-19H,5H2,1-4H3/t12-,15?,16-/m0/s1. The number of rotatable bonds is 7. The monoisotopic (exact) mass is 345 g/mol. The van der Waals surface area contributed by atoms with E-state index >= 15 is 0 Å². The molecular formula is C16H24ClNO3S. The molecule has 1 unspecified atom stereocenters. The summed E-state index contributed by atoms with van der Waals surface area (Å²) in [6.07, 6.45) is 1.53. The maximum Gasteiger partial charge on any atom is 0.240 e. The summed E-state index contributed by atoms with van der Waals surface area (Å²) in [7, 11) is -3.74. The van der Waals surface area contributed by atoms with Gasteiger partial charge < -0.3 is 5.11 Å². The third-order valence-electron chi connectivity index (χ3n) is 3.53. The fourth-order valence-electron chi connectivity index (χ4n) is 2.10. The van der Waals surface area contributed by atoms with Gasteiger partial charge in [-0.15, -0.1) is 0 Å². The minimum Gasteiger partial charge on any atom is -0.387 e. The highest BCUT2D eigenvalue weighted by atomic mass is 35.5. The van der Waals surface area contributed by atoms with E-state index in [1.54, 1.807) is 18.2 Å². The van der Waals surface area contributed by atoms with Gasteiger partial charge in [-0.2, -0.15) is 0 Å². The van der Waals surface area contributed by atoms with Crippen LogP contribution in [0.1, 0.15) is 34.1 Å². The lowest BCUT2D eigenvalue weighted by molar-refractivity contribution is 0.152. The molecule has 0 fully saturated rings. The number of allylic oxidation sites excluding steroid dienone is 1. The molecular weight excluding hydrogens is 322 g/mol. The van der Waals surface area contributed by atoms with Gasteiger partial charge in [-0.05, 0) is 38.0 Å². The summed E-state index contributed by atoms with van der Waals surface area (Å²) in [4.78, 5) is 0.0951. The maximum atomic E-state index is 12.5. The number of nitrogens with one attached hydrogen (secondary N) is 1. The quantitative estimate of drug-likeness (QED) is 0.745. The zero-order chi connectivity index (χ0) is 16.9. The molecule has 0 radical (unpaired) electrons. The van der Waals surface area contributed by atoms with Gasteiger partial charge in [-0.25, -0.2) is 13.1 Å². The molecule has 1 aromatic rings. The van der Waals surface area contributed by atoms with E-state index in [0.29, 0.717) is 5.02 Å². The van der Waals surface area contributed by atoms with Gasteiger partial charge >= 0.3 is 0 Å². The second-order valence-corrected chi connectivity index (χ2v) is 7.88. The van der Waals surface area contributed by atoms with E-state index in [9.17, 15) is 13.5 Å². The predicted molar refractivity (Wildman–Crippen MR) is 90.5 cm³/mol. The van der Waals surface area contributed by atoms with Gasteiger partial charge in [0, 0.05) is 5.02 Å². The van der Waals surface area contributed by atoms with E-state index in [0.717, 1.165) is 12.0 Å². The van der Waals surface area contributed by atoms with Crippen LogP contribution in [0, 0.1) is 5.92 Å². The van der Waals surface area contributed by atoms with E-state index in [4.69, 9.17) is 11.6 Å². The van der Waals surface area contributed by atoms with Crippen molar-refractivity contribution in [1.82, 2.24) is 4.72 Å². The number of hydrogen-bond donors (Lipinski definition) is 2. The van der Waals surface area contributed by atoms with E-state index in [-0.39, 0.29) is 10.8 Å². The van der Waals surface area contributed by atoms with Crippen LogP contribution < -0.4 is 4.72 Å². The Morgan fingerprint density at radius 3 is 2.55 bits per heavy atom. The van der Waals surface area contributed by atoms with Crippen molar-refractivity contribution in [3.05, 3.63) is 40.9 Å². The molecule has 0 spiro atoms. The predicted octanol–water partition coefficient (Wildman–Crippen LogP) is 3.36. The first kappa shape index (κ1) is 19.2. The average molecular weight is 346 g/mol. The summed E-state index contributed by atoms with van der Waals surface area (Å²) in [5.41, 5.74) is 0.933. The van der Waals surface area contributed by atoms with Crippen molar-refractivity contribution >= 4 is 21.6 Å². The Morgan fingerprint density at radius 1 is 1.41 bits per heavy atom. The molecule has 0 amide bonds. The molecule has 0 aliphatic heterocycles. The van der Waals surface area contributed by atoms with E-state index in [1.807, 2.05) is 27.7 Å². The Labute approximate surface area is 138 Å². The summed E-state index contributed by atoms with van der Waals surface area (Å²) in [5.74, 6) is -0.0143. The Morgan fingerprint density at radius 2 is 2.05 bits per heavy atom. The van der Waals surface area contributed by atoms with Gasteiger partial charge in [0.1, 0.15) is 0 Å². The molecule has 0 bridgehead atoms. The van der Waals surface area contributed by atoms with Crippen molar-refractivity contribution in [3.63, 3.8) is 0 Å². The fraction of sp³-hybridized carbons (Fsp3) is 0.500. The first-order valence-corrected chi connectivity index (χ1v) is 9.14. The molecule has 4 nitrogen and oxygen atoms in total. The summed E-state index contributed by atoms with van der Waals surface area (Å²) in [6.45, 7) is 7.60. The van der Waals surface area contributed by atoms with Gasteiger partial charge in [0.25, 0.3) is 0 Å². The highest BCUT2D eigenvalue weighted by Gasteiger charge is 2.28. The molecule has 124 valence electrons. The van der Waals surface area contributed by atoms with Crippen molar-refractivity contribution < 1.29 is 13.5 Å². The molecule has 0 aromatic heterocycles. The van der Waals surface area contributed by atoms with Crippen LogP contribution in [0.3, 0.4) is 0 Å². The van der Waals surface area contributed by atoms with Gasteiger partial charge in [-0.1, -0.05) is 49.6 Å². The lowest BCUT2D eigenvalue weighted by atomic mass is 9.94. The van der Waals surface area contributed by atoms with E-state index < -0.39 is 22.2 Å². The largest absolute Gasteiger partial charge is 0.387 e. The molecule has 0 saturated carbocycles. The number of aliphatic hydroxyl groups excluding tert-OH is 1. The highest BCUT2D eigenvalue weighted by molar-refractivity contribution is 7.89. The van der Waals surface area contributed by atoms with Crippen molar-refractivity contribution in [1.29, 1.82) is 0 Å². The smallest absolute Gasteiger partial charge is 0.240 e. The van der Waals surface area contributed by atoms with Gasteiger partial charge in [0.05, 0.1) is 17.0 Å². The Hall–Kier alpha value is -0.880. The Kier molecular flexibility index (Phi) is 7.06. The summed E-state index contributed by atoms with van der Waals surface area (Å²) >= 11 is 5.86. The first-order valence-electron chi connectivity index (χ1n) is 7.28. The van der Waals surface area contributed by atoms with E-state index in [2.05, 4.69) is 4.72 Å². The molecule has 1 rings (SSSR count). The number of aliphatic hydroxyl groups is 1. The Bertz CT molecular complexity index is 624. The van der Waals surface area contributed by atoms with Gasteiger partial charge in [0.2, 0.25) is 10.0 Å². The highest BCUT2D eigenvalue weighted by Crippen LogP contribution is 2.19. The van der Waals surface area contributed by atoms with Crippen LogP contribution in [0.15, 0.2) is 40.8 Å². The fourth-order valence-corrected chi connectivity index (χ4v) is 3.76. The van der Waals surface area contributed by atoms with Crippen molar-refractivity contribution in [2.45, 2.75) is 51.2 Å². The molecule has 0 aliphatic carbocycles. The normalized spacial score (nSPS) is 15.9. The van der Waals surface area contributed by atoms with Crippen LogP contribution >= 0.6 is 11.6 Å². The second-order valence-electron chi connectivity index (χ2n) is 5.72. The Balaban J connectivity index is 3.10. The molecule has 0 heterocycles. The van der Waals surface area contributed by atoms with Crippen LogP contribution in [0.25, 0.3) is 0 Å².